The average molecular weight is 581 g/mol. The van der Waals surface area contributed by atoms with Crippen LogP contribution in [0.5, 0.6) is 5.75 Å². The van der Waals surface area contributed by atoms with E-state index >= 15 is 0 Å². The molecular formula is C26H31F3N6O4S. The number of ether oxygens (including phenoxy) is 1. The molecule has 1 spiro atoms. The minimum absolute atomic E-state index is 0.174. The fourth-order valence-electron chi connectivity index (χ4n) is 4.95. The van der Waals surface area contributed by atoms with Gasteiger partial charge < -0.3 is 24.6 Å². The molecule has 0 radical (unpaired) electrons. The molecule has 1 saturated carbocycles. The van der Waals surface area contributed by atoms with Crippen molar-refractivity contribution in [3.63, 3.8) is 0 Å². The Morgan fingerprint density at radius 1 is 1.20 bits per heavy atom. The number of carboxylic acids is 1. The Hall–Kier alpha value is -3.68. The number of hydrogen-bond acceptors (Lipinski definition) is 8. The van der Waals surface area contributed by atoms with Crippen molar-refractivity contribution in [1.29, 1.82) is 0 Å². The number of aliphatic carboxylic acids is 1. The summed E-state index contributed by atoms with van der Waals surface area (Å²) in [7, 11) is 4.46. The lowest BCUT2D eigenvalue weighted by atomic mass is 9.85. The Labute approximate surface area is 232 Å². The summed E-state index contributed by atoms with van der Waals surface area (Å²) >= 11 is 0. The summed E-state index contributed by atoms with van der Waals surface area (Å²) in [5.41, 5.74) is 3.58. The van der Waals surface area contributed by atoms with Crippen molar-refractivity contribution >= 4 is 34.2 Å². The van der Waals surface area contributed by atoms with Gasteiger partial charge in [0.2, 0.25) is 5.95 Å². The summed E-state index contributed by atoms with van der Waals surface area (Å²) in [5, 5.41) is 10.5. The summed E-state index contributed by atoms with van der Waals surface area (Å²) in [6.45, 7) is 1.96. The highest BCUT2D eigenvalue weighted by molar-refractivity contribution is 7.87. The number of nitrogens with one attached hydrogen (secondary N) is 1. The molecular weight excluding hydrogens is 549 g/mol. The van der Waals surface area contributed by atoms with E-state index in [4.69, 9.17) is 24.6 Å². The van der Waals surface area contributed by atoms with Crippen LogP contribution < -0.4 is 15.0 Å². The number of rotatable bonds is 5. The molecule has 3 heterocycles. The lowest BCUT2D eigenvalue weighted by Gasteiger charge is -2.31. The molecule has 14 heteroatoms. The standard InChI is InChI=1S/C24H30N6O2S.C2HF3O2/c1-16-14-30(15-25-16)19-9-8-17(12-20(19)32-4)26-23-27-18-13-24(10-6-5-7-11-24)33(31)21(18)22(28-23)29(2)3;3-2(4,5)1(6)7/h8-9,12,14-15H,5-7,10-11,13H2,1-4H3,(H,26,27,28);(H,6,7). The molecule has 0 bridgehead atoms. The lowest BCUT2D eigenvalue weighted by molar-refractivity contribution is -0.192. The van der Waals surface area contributed by atoms with Gasteiger partial charge in [-0.3, -0.25) is 4.21 Å². The monoisotopic (exact) mass is 580 g/mol. The molecule has 2 N–H and O–H groups in total. The predicted molar refractivity (Wildman–Crippen MR) is 144 cm³/mol. The van der Waals surface area contributed by atoms with Crippen LogP contribution in [0, 0.1) is 6.92 Å². The zero-order valence-electron chi connectivity index (χ0n) is 22.6. The van der Waals surface area contributed by atoms with Gasteiger partial charge in [0.25, 0.3) is 0 Å². The van der Waals surface area contributed by atoms with Crippen molar-refractivity contribution < 1.29 is 32.0 Å². The van der Waals surface area contributed by atoms with Crippen LogP contribution in [-0.2, 0) is 22.0 Å². The van der Waals surface area contributed by atoms with Crippen LogP contribution in [0.2, 0.25) is 0 Å². The Kier molecular flexibility index (Phi) is 8.38. The van der Waals surface area contributed by atoms with E-state index in [0.717, 1.165) is 65.6 Å². The third kappa shape index (κ3) is 6.06. The molecule has 216 valence electrons. The Morgan fingerprint density at radius 2 is 1.88 bits per heavy atom. The smallest absolute Gasteiger partial charge is 0.490 e. The zero-order chi connectivity index (χ0) is 29.2. The van der Waals surface area contributed by atoms with Crippen LogP contribution in [-0.4, -0.2) is 66.9 Å². The van der Waals surface area contributed by atoms with Crippen molar-refractivity contribution in [1.82, 2.24) is 19.5 Å². The first-order chi connectivity index (χ1) is 18.8. The first-order valence-corrected chi connectivity index (χ1v) is 13.8. The lowest BCUT2D eigenvalue weighted by Crippen LogP contribution is -2.34. The average Bonchev–Trinajstić information content (AvgIpc) is 3.44. The summed E-state index contributed by atoms with van der Waals surface area (Å²) < 4.78 is 52.7. The summed E-state index contributed by atoms with van der Waals surface area (Å²) in [6.07, 6.45) is 4.90. The van der Waals surface area contributed by atoms with E-state index in [1.54, 1.807) is 13.4 Å². The summed E-state index contributed by atoms with van der Waals surface area (Å²) in [5.74, 6) is -0.794. The number of aryl methyl sites for hydroxylation is 1. The normalized spacial score (nSPS) is 17.5. The van der Waals surface area contributed by atoms with Gasteiger partial charge in [0.05, 0.1) is 46.1 Å². The van der Waals surface area contributed by atoms with Gasteiger partial charge in [0.1, 0.15) is 16.5 Å². The number of fused-ring (bicyclic) bond motifs is 1. The zero-order valence-corrected chi connectivity index (χ0v) is 23.4. The van der Waals surface area contributed by atoms with Crippen LogP contribution in [0.15, 0.2) is 35.6 Å². The molecule has 1 aliphatic heterocycles. The first kappa shape index (κ1) is 29.3. The predicted octanol–water partition coefficient (Wildman–Crippen LogP) is 4.79. The minimum Gasteiger partial charge on any atom is -0.494 e. The SMILES string of the molecule is COc1cc(Nc2nc3c(c(N(C)C)n2)S(=O)C2(CCCCC2)C3)ccc1-n1cnc(C)c1.O=C(O)C(F)(F)F. The first-order valence-electron chi connectivity index (χ1n) is 12.6. The van der Waals surface area contributed by atoms with Crippen LogP contribution in [0.25, 0.3) is 5.69 Å². The molecule has 0 amide bonds. The molecule has 1 aliphatic carbocycles. The van der Waals surface area contributed by atoms with E-state index < -0.39 is 22.9 Å². The number of halogens is 3. The molecule has 0 saturated heterocycles. The summed E-state index contributed by atoms with van der Waals surface area (Å²) in [6, 6.07) is 5.88. The van der Waals surface area contributed by atoms with Gasteiger partial charge in [-0.1, -0.05) is 19.3 Å². The summed E-state index contributed by atoms with van der Waals surface area (Å²) in [4.78, 5) is 25.5. The van der Waals surface area contributed by atoms with Crippen molar-refractivity contribution in [3.8, 4) is 11.4 Å². The molecule has 1 aromatic carbocycles. The van der Waals surface area contributed by atoms with Crippen LogP contribution in [0.3, 0.4) is 0 Å². The van der Waals surface area contributed by atoms with Gasteiger partial charge in [-0.05, 0) is 31.9 Å². The van der Waals surface area contributed by atoms with E-state index in [9.17, 15) is 17.4 Å². The van der Waals surface area contributed by atoms with Gasteiger partial charge >= 0.3 is 12.1 Å². The van der Waals surface area contributed by atoms with E-state index in [1.165, 1.54) is 6.42 Å². The van der Waals surface area contributed by atoms with E-state index in [1.807, 2.05) is 54.9 Å². The Balaban J connectivity index is 0.000000470. The highest BCUT2D eigenvalue weighted by Crippen LogP contribution is 2.47. The van der Waals surface area contributed by atoms with Gasteiger partial charge in [0.15, 0.2) is 0 Å². The molecule has 1 fully saturated rings. The third-order valence-corrected chi connectivity index (χ3v) is 8.97. The number of carbonyl (C=O) groups is 1. The van der Waals surface area contributed by atoms with Gasteiger partial charge in [0, 0.05) is 38.5 Å². The second-order valence-electron chi connectivity index (χ2n) is 9.97. The number of benzene rings is 1. The number of hydrogen-bond donors (Lipinski definition) is 2. The number of nitrogens with zero attached hydrogens (tertiary/aromatic N) is 5. The molecule has 40 heavy (non-hydrogen) atoms. The van der Waals surface area contributed by atoms with Gasteiger partial charge in [-0.2, -0.15) is 18.2 Å². The number of methoxy groups -OCH3 is 1. The van der Waals surface area contributed by atoms with E-state index in [2.05, 4.69) is 10.3 Å². The fourth-order valence-corrected chi connectivity index (χ4v) is 7.03. The quantitative estimate of drug-likeness (QED) is 0.439. The maximum Gasteiger partial charge on any atom is 0.490 e. The maximum atomic E-state index is 13.6. The molecule has 2 aliphatic rings. The van der Waals surface area contributed by atoms with Crippen molar-refractivity contribution in [2.45, 2.75) is 61.3 Å². The highest BCUT2D eigenvalue weighted by Gasteiger charge is 2.47. The van der Waals surface area contributed by atoms with Crippen LogP contribution >= 0.6 is 0 Å². The number of carboxylic acid groups (broad SMARTS) is 1. The van der Waals surface area contributed by atoms with Crippen LogP contribution in [0.4, 0.5) is 30.6 Å². The number of aromatic nitrogens is 4. The van der Waals surface area contributed by atoms with Gasteiger partial charge in [-0.15, -0.1) is 0 Å². The molecule has 1 unspecified atom stereocenters. The molecule has 3 aromatic rings. The second kappa shape index (κ2) is 11.4. The van der Waals surface area contributed by atoms with E-state index in [0.29, 0.717) is 11.7 Å². The van der Waals surface area contributed by atoms with Crippen molar-refractivity contribution in [2.24, 2.45) is 0 Å². The second-order valence-corrected chi connectivity index (χ2v) is 11.8. The highest BCUT2D eigenvalue weighted by atomic mass is 32.2. The van der Waals surface area contributed by atoms with Crippen molar-refractivity contribution in [2.75, 3.05) is 31.4 Å². The van der Waals surface area contributed by atoms with Gasteiger partial charge in [-0.25, -0.2) is 14.8 Å². The Morgan fingerprint density at radius 3 is 2.42 bits per heavy atom. The third-order valence-electron chi connectivity index (χ3n) is 6.84. The molecule has 1 atom stereocenters. The number of anilines is 3. The largest absolute Gasteiger partial charge is 0.494 e. The van der Waals surface area contributed by atoms with Crippen LogP contribution in [0.1, 0.15) is 43.5 Å². The maximum absolute atomic E-state index is 13.6. The molecule has 10 nitrogen and oxygen atoms in total. The number of imidazole rings is 1. The Bertz CT molecular complexity index is 1420. The minimum atomic E-state index is -5.08. The molecule has 5 rings (SSSR count). The fraction of sp³-hybridized carbons (Fsp3) is 0.462. The molecule has 2 aromatic heterocycles. The number of alkyl halides is 3. The topological polar surface area (TPSA) is 122 Å². The van der Waals surface area contributed by atoms with Crippen molar-refractivity contribution in [3.05, 3.63) is 42.1 Å². The van der Waals surface area contributed by atoms with E-state index in [-0.39, 0.29) is 4.75 Å².